The first-order valence-electron chi connectivity index (χ1n) is 11.7. The summed E-state index contributed by atoms with van der Waals surface area (Å²) >= 11 is 0. The molecule has 2 heterocycles. The van der Waals surface area contributed by atoms with Crippen molar-refractivity contribution in [1.82, 2.24) is 15.1 Å². The van der Waals surface area contributed by atoms with Crippen molar-refractivity contribution in [3.8, 4) is 5.75 Å². The van der Waals surface area contributed by atoms with Crippen LogP contribution in [0.3, 0.4) is 0 Å². The first kappa shape index (κ1) is 21.9. The molecule has 170 valence electrons. The van der Waals surface area contributed by atoms with E-state index in [2.05, 4.69) is 33.4 Å². The lowest BCUT2D eigenvalue weighted by molar-refractivity contribution is -0.142. The number of amides is 1. The van der Waals surface area contributed by atoms with Crippen LogP contribution in [0.2, 0.25) is 0 Å². The quantitative estimate of drug-likeness (QED) is 0.576. The van der Waals surface area contributed by atoms with E-state index in [9.17, 15) is 4.79 Å². The number of ether oxygens (including phenoxy) is 2. The van der Waals surface area contributed by atoms with Crippen LogP contribution in [0.15, 0.2) is 29.3 Å². The molecular formula is C24H36N4O3. The number of nitrogens with one attached hydrogen (secondary N) is 1. The largest absolute Gasteiger partial charge is 0.496 e. The molecule has 3 aliphatic rings. The molecule has 2 saturated heterocycles. The average molecular weight is 429 g/mol. The first-order valence-corrected chi connectivity index (χ1v) is 11.7. The Morgan fingerprint density at radius 3 is 2.52 bits per heavy atom. The molecule has 1 saturated carbocycles. The van der Waals surface area contributed by atoms with Gasteiger partial charge in [-0.2, -0.15) is 0 Å². The van der Waals surface area contributed by atoms with Gasteiger partial charge in [0.05, 0.1) is 7.11 Å². The van der Waals surface area contributed by atoms with E-state index in [0.29, 0.717) is 6.61 Å². The second kappa shape index (κ2) is 9.90. The zero-order valence-corrected chi connectivity index (χ0v) is 18.9. The summed E-state index contributed by atoms with van der Waals surface area (Å²) < 4.78 is 11.3. The lowest BCUT2D eigenvalue weighted by Gasteiger charge is -2.39. The number of rotatable bonds is 5. The van der Waals surface area contributed by atoms with Gasteiger partial charge in [-0.05, 0) is 31.7 Å². The Balaban J connectivity index is 1.37. The van der Waals surface area contributed by atoms with Gasteiger partial charge in [0, 0.05) is 57.4 Å². The van der Waals surface area contributed by atoms with Crippen LogP contribution in [0.25, 0.3) is 0 Å². The van der Waals surface area contributed by atoms with Gasteiger partial charge in [-0.3, -0.25) is 9.79 Å². The molecule has 1 unspecified atom stereocenters. The molecular weight excluding hydrogens is 392 g/mol. The number of nitrogens with zero attached hydrogens (tertiary/aromatic N) is 3. The van der Waals surface area contributed by atoms with Gasteiger partial charge in [0.2, 0.25) is 0 Å². The van der Waals surface area contributed by atoms with E-state index < -0.39 is 0 Å². The number of guanidine groups is 1. The highest BCUT2D eigenvalue weighted by atomic mass is 16.5. The third-order valence-electron chi connectivity index (χ3n) is 7.13. The standard InChI is InChI=1S/C24H36N4O3/c1-25-23(28-15-13-27(14-16-28)22(29)21-10-7-17-31-21)26-18-24(11-5-6-12-24)19-8-3-4-9-20(19)30-2/h3-4,8-9,21H,5-7,10-18H2,1-2H3,(H,25,26). The maximum Gasteiger partial charge on any atom is 0.251 e. The SMILES string of the molecule is CN=C(NCC1(c2ccccc2OC)CCCC1)N1CCN(C(=O)C2CCCO2)CC1. The van der Waals surface area contributed by atoms with Gasteiger partial charge in [0.1, 0.15) is 11.9 Å². The molecule has 1 N–H and O–H groups in total. The van der Waals surface area contributed by atoms with Gasteiger partial charge >= 0.3 is 0 Å². The van der Waals surface area contributed by atoms with E-state index in [4.69, 9.17) is 9.47 Å². The summed E-state index contributed by atoms with van der Waals surface area (Å²) in [6, 6.07) is 8.42. The molecule has 31 heavy (non-hydrogen) atoms. The molecule has 0 radical (unpaired) electrons. The molecule has 1 aromatic rings. The molecule has 7 nitrogen and oxygen atoms in total. The average Bonchev–Trinajstić information content (AvgIpc) is 3.53. The number of para-hydroxylation sites is 1. The van der Waals surface area contributed by atoms with E-state index in [1.807, 2.05) is 18.0 Å². The van der Waals surface area contributed by atoms with E-state index >= 15 is 0 Å². The first-order chi connectivity index (χ1) is 15.2. The highest BCUT2D eigenvalue weighted by molar-refractivity contribution is 5.83. The maximum absolute atomic E-state index is 12.6. The van der Waals surface area contributed by atoms with Gasteiger partial charge in [-0.25, -0.2) is 0 Å². The van der Waals surface area contributed by atoms with Crippen LogP contribution in [0.1, 0.15) is 44.1 Å². The topological polar surface area (TPSA) is 66.4 Å². The maximum atomic E-state index is 12.6. The second-order valence-corrected chi connectivity index (χ2v) is 8.90. The predicted octanol–water partition coefficient (Wildman–Crippen LogP) is 2.41. The normalized spacial score (nSPS) is 23.8. The third-order valence-corrected chi connectivity index (χ3v) is 7.13. The van der Waals surface area contributed by atoms with Crippen LogP contribution in [-0.4, -0.2) is 81.3 Å². The highest BCUT2D eigenvalue weighted by Gasteiger charge is 2.38. The third kappa shape index (κ3) is 4.66. The molecule has 4 rings (SSSR count). The van der Waals surface area contributed by atoms with Crippen molar-refractivity contribution in [2.75, 3.05) is 53.5 Å². The number of benzene rings is 1. The molecule has 1 aliphatic carbocycles. The Bertz CT molecular complexity index is 777. The minimum absolute atomic E-state index is 0.0696. The number of aliphatic imine (C=N–C) groups is 1. The summed E-state index contributed by atoms with van der Waals surface area (Å²) in [5.74, 6) is 2.05. The van der Waals surface area contributed by atoms with Crippen molar-refractivity contribution in [2.45, 2.75) is 50.0 Å². The Hall–Kier alpha value is -2.28. The van der Waals surface area contributed by atoms with E-state index in [1.54, 1.807) is 7.11 Å². The fourth-order valence-corrected chi connectivity index (χ4v) is 5.37. The predicted molar refractivity (Wildman–Crippen MR) is 122 cm³/mol. The summed E-state index contributed by atoms with van der Waals surface area (Å²) in [6.45, 7) is 4.57. The molecule has 1 atom stereocenters. The summed E-state index contributed by atoms with van der Waals surface area (Å²) in [4.78, 5) is 21.4. The smallest absolute Gasteiger partial charge is 0.251 e. The van der Waals surface area contributed by atoms with Crippen LogP contribution < -0.4 is 10.1 Å². The number of hydrogen-bond donors (Lipinski definition) is 1. The highest BCUT2D eigenvalue weighted by Crippen LogP contribution is 2.44. The Labute approximate surface area is 185 Å². The zero-order valence-electron chi connectivity index (χ0n) is 18.9. The molecule has 1 aromatic carbocycles. The molecule has 0 spiro atoms. The fraction of sp³-hybridized carbons (Fsp3) is 0.667. The lowest BCUT2D eigenvalue weighted by Crippen LogP contribution is -2.56. The fourth-order valence-electron chi connectivity index (χ4n) is 5.37. The Kier molecular flexibility index (Phi) is 7.00. The second-order valence-electron chi connectivity index (χ2n) is 8.90. The van der Waals surface area contributed by atoms with E-state index in [-0.39, 0.29) is 17.4 Å². The van der Waals surface area contributed by atoms with Gasteiger partial charge in [0.25, 0.3) is 5.91 Å². The number of carbonyl (C=O) groups is 1. The van der Waals surface area contributed by atoms with Crippen molar-refractivity contribution in [3.05, 3.63) is 29.8 Å². The van der Waals surface area contributed by atoms with Gasteiger partial charge in [0.15, 0.2) is 5.96 Å². The minimum Gasteiger partial charge on any atom is -0.496 e. The van der Waals surface area contributed by atoms with Crippen LogP contribution in [0.5, 0.6) is 5.75 Å². The Morgan fingerprint density at radius 1 is 1.16 bits per heavy atom. The monoisotopic (exact) mass is 428 g/mol. The molecule has 2 aliphatic heterocycles. The molecule has 3 fully saturated rings. The van der Waals surface area contributed by atoms with Crippen molar-refractivity contribution in [1.29, 1.82) is 0 Å². The van der Waals surface area contributed by atoms with Crippen LogP contribution in [0.4, 0.5) is 0 Å². The number of carbonyl (C=O) groups excluding carboxylic acids is 1. The number of piperazine rings is 1. The van der Waals surface area contributed by atoms with Gasteiger partial charge < -0.3 is 24.6 Å². The molecule has 7 heteroatoms. The van der Waals surface area contributed by atoms with Gasteiger partial charge in [-0.15, -0.1) is 0 Å². The van der Waals surface area contributed by atoms with Crippen molar-refractivity contribution >= 4 is 11.9 Å². The Morgan fingerprint density at radius 2 is 1.87 bits per heavy atom. The van der Waals surface area contributed by atoms with Crippen molar-refractivity contribution < 1.29 is 14.3 Å². The van der Waals surface area contributed by atoms with Gasteiger partial charge in [-0.1, -0.05) is 31.0 Å². The van der Waals surface area contributed by atoms with E-state index in [0.717, 1.165) is 70.1 Å². The summed E-state index contributed by atoms with van der Waals surface area (Å²) in [5.41, 5.74) is 1.37. The number of hydrogen-bond acceptors (Lipinski definition) is 4. The van der Waals surface area contributed by atoms with Crippen LogP contribution >= 0.6 is 0 Å². The summed E-state index contributed by atoms with van der Waals surface area (Å²) in [5, 5.41) is 3.66. The number of methoxy groups -OCH3 is 1. The van der Waals surface area contributed by atoms with Crippen molar-refractivity contribution in [2.24, 2.45) is 4.99 Å². The molecule has 0 bridgehead atoms. The molecule has 1 amide bonds. The van der Waals surface area contributed by atoms with E-state index in [1.165, 1.54) is 18.4 Å². The summed E-state index contributed by atoms with van der Waals surface area (Å²) in [7, 11) is 3.60. The minimum atomic E-state index is -0.230. The van der Waals surface area contributed by atoms with Crippen LogP contribution in [-0.2, 0) is 14.9 Å². The lowest BCUT2D eigenvalue weighted by atomic mass is 9.78. The van der Waals surface area contributed by atoms with Crippen LogP contribution in [0, 0.1) is 0 Å². The van der Waals surface area contributed by atoms with Crippen molar-refractivity contribution in [3.63, 3.8) is 0 Å². The zero-order chi connectivity index (χ0) is 21.7. The summed E-state index contributed by atoms with van der Waals surface area (Å²) in [6.07, 6.45) is 6.40. The molecule has 0 aromatic heterocycles.